The normalized spacial score (nSPS) is 10.4. The summed E-state index contributed by atoms with van der Waals surface area (Å²) in [7, 11) is 0. The Kier molecular flexibility index (Phi) is 2.23. The van der Waals surface area contributed by atoms with Gasteiger partial charge in [0, 0.05) is 10.9 Å². The molecule has 2 rings (SSSR count). The second kappa shape index (κ2) is 3.54. The Labute approximate surface area is 81.7 Å². The van der Waals surface area contributed by atoms with Crippen LogP contribution < -0.4 is 4.74 Å². The molecular weight excluding hydrogens is 178 g/mol. The van der Waals surface area contributed by atoms with Crippen LogP contribution in [0.5, 0.6) is 5.75 Å². The van der Waals surface area contributed by atoms with E-state index in [1.54, 1.807) is 6.07 Å². The fourth-order valence-corrected chi connectivity index (χ4v) is 1.49. The highest BCUT2D eigenvalue weighted by atomic mass is 16.5. The summed E-state index contributed by atoms with van der Waals surface area (Å²) in [6.45, 7) is 2.56. The van der Waals surface area contributed by atoms with Gasteiger partial charge in [-0.05, 0) is 25.1 Å². The molecule has 0 bridgehead atoms. The van der Waals surface area contributed by atoms with Gasteiger partial charge in [-0.3, -0.25) is 4.79 Å². The molecular formula is C11H11NO2. The van der Waals surface area contributed by atoms with Crippen molar-refractivity contribution < 1.29 is 9.53 Å². The molecule has 0 saturated carbocycles. The standard InChI is InChI=1S/C11H11NO2/c1-2-14-11-5-3-4-10-9(11)6-8(7-13)12-10/h3-7,12H,2H2,1H3. The van der Waals surface area contributed by atoms with E-state index in [0.717, 1.165) is 22.9 Å². The summed E-state index contributed by atoms with van der Waals surface area (Å²) < 4.78 is 5.44. The van der Waals surface area contributed by atoms with Crippen LogP contribution in [0.1, 0.15) is 17.4 Å². The highest BCUT2D eigenvalue weighted by Gasteiger charge is 2.04. The van der Waals surface area contributed by atoms with Gasteiger partial charge in [0.25, 0.3) is 0 Å². The van der Waals surface area contributed by atoms with Gasteiger partial charge >= 0.3 is 0 Å². The third-order valence-electron chi connectivity index (χ3n) is 2.07. The molecule has 0 saturated heterocycles. The quantitative estimate of drug-likeness (QED) is 0.753. The molecule has 0 aliphatic carbocycles. The Balaban J connectivity index is 2.60. The minimum Gasteiger partial charge on any atom is -0.493 e. The molecule has 0 fully saturated rings. The molecule has 0 amide bonds. The van der Waals surface area contributed by atoms with Crippen molar-refractivity contribution in [2.75, 3.05) is 6.61 Å². The lowest BCUT2D eigenvalue weighted by molar-refractivity contribution is 0.112. The van der Waals surface area contributed by atoms with Crippen LogP contribution in [0.4, 0.5) is 0 Å². The second-order valence-electron chi connectivity index (χ2n) is 2.99. The van der Waals surface area contributed by atoms with Crippen molar-refractivity contribution in [3.8, 4) is 5.75 Å². The summed E-state index contributed by atoms with van der Waals surface area (Å²) in [5.41, 5.74) is 1.50. The van der Waals surface area contributed by atoms with Gasteiger partial charge in [0.2, 0.25) is 0 Å². The molecule has 0 radical (unpaired) electrons. The van der Waals surface area contributed by atoms with E-state index in [4.69, 9.17) is 4.74 Å². The fourth-order valence-electron chi connectivity index (χ4n) is 1.49. The lowest BCUT2D eigenvalue weighted by Crippen LogP contribution is -1.90. The number of ether oxygens (including phenoxy) is 1. The van der Waals surface area contributed by atoms with Gasteiger partial charge in [-0.2, -0.15) is 0 Å². The van der Waals surface area contributed by atoms with Crippen LogP contribution >= 0.6 is 0 Å². The number of aromatic nitrogens is 1. The predicted octanol–water partition coefficient (Wildman–Crippen LogP) is 2.38. The number of fused-ring (bicyclic) bond motifs is 1. The molecule has 1 N–H and O–H groups in total. The van der Waals surface area contributed by atoms with E-state index in [1.165, 1.54) is 0 Å². The summed E-state index contributed by atoms with van der Waals surface area (Å²) in [6.07, 6.45) is 0.801. The Hall–Kier alpha value is -1.77. The molecule has 3 nitrogen and oxygen atoms in total. The van der Waals surface area contributed by atoms with Crippen molar-refractivity contribution in [2.45, 2.75) is 6.92 Å². The van der Waals surface area contributed by atoms with Crippen LogP contribution in [0, 0.1) is 0 Å². The molecule has 14 heavy (non-hydrogen) atoms. The monoisotopic (exact) mass is 189 g/mol. The molecule has 2 aromatic rings. The Morgan fingerprint density at radius 3 is 3.07 bits per heavy atom. The Morgan fingerprint density at radius 2 is 2.36 bits per heavy atom. The molecule has 0 aliphatic rings. The summed E-state index contributed by atoms with van der Waals surface area (Å²) in [6, 6.07) is 7.52. The maximum atomic E-state index is 10.6. The van der Waals surface area contributed by atoms with Crippen LogP contribution in [-0.4, -0.2) is 17.9 Å². The molecule has 72 valence electrons. The third kappa shape index (κ3) is 1.37. The zero-order valence-electron chi connectivity index (χ0n) is 7.91. The van der Waals surface area contributed by atoms with E-state index in [1.807, 2.05) is 25.1 Å². The van der Waals surface area contributed by atoms with Gasteiger partial charge in [0.15, 0.2) is 6.29 Å². The van der Waals surface area contributed by atoms with Crippen molar-refractivity contribution in [2.24, 2.45) is 0 Å². The number of aromatic amines is 1. The number of H-pyrrole nitrogens is 1. The number of carbonyl (C=O) groups excluding carboxylic acids is 1. The zero-order chi connectivity index (χ0) is 9.97. The van der Waals surface area contributed by atoms with Crippen LogP contribution in [0.25, 0.3) is 10.9 Å². The zero-order valence-corrected chi connectivity index (χ0v) is 7.91. The Morgan fingerprint density at radius 1 is 1.50 bits per heavy atom. The number of hydrogen-bond acceptors (Lipinski definition) is 2. The maximum Gasteiger partial charge on any atom is 0.166 e. The van der Waals surface area contributed by atoms with Gasteiger partial charge in [-0.15, -0.1) is 0 Å². The van der Waals surface area contributed by atoms with Crippen LogP contribution in [0.2, 0.25) is 0 Å². The van der Waals surface area contributed by atoms with E-state index in [2.05, 4.69) is 4.98 Å². The first-order valence-electron chi connectivity index (χ1n) is 4.55. The number of carbonyl (C=O) groups is 1. The van der Waals surface area contributed by atoms with Crippen LogP contribution in [0.15, 0.2) is 24.3 Å². The highest BCUT2D eigenvalue weighted by Crippen LogP contribution is 2.25. The Bertz CT molecular complexity index is 459. The summed E-state index contributed by atoms with van der Waals surface area (Å²) in [4.78, 5) is 13.6. The first-order valence-corrected chi connectivity index (χ1v) is 4.55. The minimum absolute atomic E-state index is 0.576. The first-order chi connectivity index (χ1) is 6.85. The van der Waals surface area contributed by atoms with E-state index in [-0.39, 0.29) is 0 Å². The molecule has 1 aromatic carbocycles. The molecule has 0 aliphatic heterocycles. The fraction of sp³-hybridized carbons (Fsp3) is 0.182. The van der Waals surface area contributed by atoms with Gasteiger partial charge in [0.05, 0.1) is 12.3 Å². The van der Waals surface area contributed by atoms with E-state index in [0.29, 0.717) is 12.3 Å². The van der Waals surface area contributed by atoms with Crippen molar-refractivity contribution in [1.82, 2.24) is 4.98 Å². The second-order valence-corrected chi connectivity index (χ2v) is 2.99. The lowest BCUT2D eigenvalue weighted by Gasteiger charge is -2.02. The van der Waals surface area contributed by atoms with Gasteiger partial charge in [0.1, 0.15) is 5.75 Å². The topological polar surface area (TPSA) is 42.1 Å². The molecule has 1 heterocycles. The van der Waals surface area contributed by atoms with E-state index in [9.17, 15) is 4.79 Å². The average molecular weight is 189 g/mol. The van der Waals surface area contributed by atoms with Crippen LogP contribution in [-0.2, 0) is 0 Å². The minimum atomic E-state index is 0.576. The largest absolute Gasteiger partial charge is 0.493 e. The van der Waals surface area contributed by atoms with Crippen LogP contribution in [0.3, 0.4) is 0 Å². The number of rotatable bonds is 3. The maximum absolute atomic E-state index is 10.6. The molecule has 1 aromatic heterocycles. The summed E-state index contributed by atoms with van der Waals surface area (Å²) in [5.74, 6) is 0.814. The molecule has 3 heteroatoms. The molecule has 0 spiro atoms. The van der Waals surface area contributed by atoms with Crippen molar-refractivity contribution >= 4 is 17.2 Å². The van der Waals surface area contributed by atoms with Gasteiger partial charge < -0.3 is 9.72 Å². The molecule has 0 unspecified atom stereocenters. The van der Waals surface area contributed by atoms with Crippen molar-refractivity contribution in [1.29, 1.82) is 0 Å². The van der Waals surface area contributed by atoms with Crippen molar-refractivity contribution in [3.05, 3.63) is 30.0 Å². The number of nitrogens with one attached hydrogen (secondary N) is 1. The highest BCUT2D eigenvalue weighted by molar-refractivity contribution is 5.91. The number of aldehydes is 1. The number of hydrogen-bond donors (Lipinski definition) is 1. The third-order valence-corrected chi connectivity index (χ3v) is 2.07. The van der Waals surface area contributed by atoms with Crippen molar-refractivity contribution in [3.63, 3.8) is 0 Å². The molecule has 0 atom stereocenters. The summed E-state index contributed by atoms with van der Waals surface area (Å²) >= 11 is 0. The van der Waals surface area contributed by atoms with E-state index < -0.39 is 0 Å². The predicted molar refractivity (Wildman–Crippen MR) is 54.9 cm³/mol. The first kappa shape index (κ1) is 8.81. The lowest BCUT2D eigenvalue weighted by atomic mass is 10.2. The SMILES string of the molecule is CCOc1cccc2[nH]c(C=O)cc12. The van der Waals surface area contributed by atoms with Gasteiger partial charge in [-0.25, -0.2) is 0 Å². The summed E-state index contributed by atoms with van der Waals surface area (Å²) in [5, 5.41) is 0.955. The smallest absolute Gasteiger partial charge is 0.166 e. The average Bonchev–Trinajstić information content (AvgIpc) is 2.62. The van der Waals surface area contributed by atoms with E-state index >= 15 is 0 Å². The van der Waals surface area contributed by atoms with Gasteiger partial charge in [-0.1, -0.05) is 6.07 Å². The number of benzene rings is 1.